The third-order valence-electron chi connectivity index (χ3n) is 11.3. The molecule has 69 heavy (non-hydrogen) atoms. The first kappa shape index (κ1) is 57.4. The van der Waals surface area contributed by atoms with Crippen molar-refractivity contribution in [1.29, 1.82) is 0 Å². The SMILES string of the molecule is CC(=O)O.CCOCCn1c2ccc(C(=O)c3ccccc3C)cc2c2cc(/C(C)=N/O)ccc21.CCOCCn1c2ccc(C(C)=O)cc2c2cc(C(=O)c3ccccc3C)ccc21.CCl.[CH3-].[Na+]. The van der Waals surface area contributed by atoms with Gasteiger partial charge in [0.1, 0.15) is 0 Å². The summed E-state index contributed by atoms with van der Waals surface area (Å²) in [5, 5.41) is 23.9. The molecule has 2 aromatic heterocycles. The summed E-state index contributed by atoms with van der Waals surface area (Å²) in [6.45, 7) is 16.3. The van der Waals surface area contributed by atoms with Crippen LogP contribution in [0.1, 0.15) is 93.5 Å². The fourth-order valence-corrected chi connectivity index (χ4v) is 8.04. The number of Topliss-reactive ketones (excluding diaryl/α,β-unsaturated/α-hetero) is 1. The molecule has 0 aliphatic carbocycles. The molecule has 13 heteroatoms. The van der Waals surface area contributed by atoms with Gasteiger partial charge >= 0.3 is 29.6 Å². The number of carbonyl (C=O) groups is 4. The molecule has 6 aromatic carbocycles. The average molecular weight is 963 g/mol. The van der Waals surface area contributed by atoms with Crippen molar-refractivity contribution in [1.82, 2.24) is 9.13 Å². The van der Waals surface area contributed by atoms with Crippen molar-refractivity contribution in [2.75, 3.05) is 32.8 Å². The van der Waals surface area contributed by atoms with E-state index in [0.717, 1.165) is 67.2 Å². The summed E-state index contributed by atoms with van der Waals surface area (Å²) in [5.41, 5.74) is 10.9. The molecule has 8 rings (SSSR count). The predicted octanol–water partition coefficient (Wildman–Crippen LogP) is 9.54. The number of ketones is 3. The maximum Gasteiger partial charge on any atom is 1.00 e. The van der Waals surface area contributed by atoms with Crippen molar-refractivity contribution in [3.8, 4) is 0 Å². The van der Waals surface area contributed by atoms with Gasteiger partial charge < -0.3 is 36.3 Å². The van der Waals surface area contributed by atoms with Crippen LogP contribution in [0.2, 0.25) is 0 Å². The number of alkyl halides is 1. The Hall–Kier alpha value is -5.92. The van der Waals surface area contributed by atoms with E-state index in [4.69, 9.17) is 19.4 Å². The molecule has 0 saturated carbocycles. The van der Waals surface area contributed by atoms with Gasteiger partial charge in [-0.2, -0.15) is 0 Å². The number of oxime groups is 1. The van der Waals surface area contributed by atoms with E-state index < -0.39 is 5.97 Å². The van der Waals surface area contributed by atoms with Crippen molar-refractivity contribution < 1.29 is 68.5 Å². The summed E-state index contributed by atoms with van der Waals surface area (Å²) >= 11 is 4.64. The molecule has 11 nitrogen and oxygen atoms in total. The van der Waals surface area contributed by atoms with E-state index in [9.17, 15) is 19.6 Å². The topological polar surface area (TPSA) is 149 Å². The number of rotatable bonds is 14. The van der Waals surface area contributed by atoms with Crippen molar-refractivity contribution >= 4 is 84.2 Å². The summed E-state index contributed by atoms with van der Waals surface area (Å²) in [4.78, 5) is 47.3. The van der Waals surface area contributed by atoms with Crippen LogP contribution >= 0.6 is 11.6 Å². The zero-order valence-corrected chi connectivity index (χ0v) is 44.1. The minimum atomic E-state index is -0.833. The van der Waals surface area contributed by atoms with Gasteiger partial charge in [0.25, 0.3) is 5.97 Å². The zero-order chi connectivity index (χ0) is 48.8. The molecule has 2 heterocycles. The number of nitrogens with zero attached hydrogens (tertiary/aromatic N) is 3. The van der Waals surface area contributed by atoms with Crippen molar-refractivity contribution in [2.45, 2.75) is 61.6 Å². The Kier molecular flexibility index (Phi) is 22.7. The van der Waals surface area contributed by atoms with E-state index in [1.165, 1.54) is 6.38 Å². The van der Waals surface area contributed by atoms with Crippen molar-refractivity contribution in [2.24, 2.45) is 5.16 Å². The number of hydrogen-bond acceptors (Lipinski definition) is 8. The van der Waals surface area contributed by atoms with Gasteiger partial charge in [-0.3, -0.25) is 19.2 Å². The Morgan fingerprint density at radius 1 is 0.551 bits per heavy atom. The van der Waals surface area contributed by atoms with Gasteiger partial charge in [-0.15, -0.1) is 11.6 Å². The van der Waals surface area contributed by atoms with Gasteiger partial charge in [-0.05, 0) is 125 Å². The summed E-state index contributed by atoms with van der Waals surface area (Å²) in [6, 6.07) is 38.8. The van der Waals surface area contributed by atoms with Crippen molar-refractivity contribution in [3.63, 3.8) is 0 Å². The van der Waals surface area contributed by atoms with Gasteiger partial charge in [-0.1, -0.05) is 59.8 Å². The van der Waals surface area contributed by atoms with E-state index in [-0.39, 0.29) is 54.3 Å². The van der Waals surface area contributed by atoms with E-state index >= 15 is 0 Å². The summed E-state index contributed by atoms with van der Waals surface area (Å²) in [5.74, 6) is -0.785. The maximum atomic E-state index is 13.2. The molecular weight excluding hydrogens is 901 g/mol. The Labute approximate surface area is 432 Å². The van der Waals surface area contributed by atoms with Crippen LogP contribution < -0.4 is 29.6 Å². The quantitative estimate of drug-likeness (QED) is 0.0160. The van der Waals surface area contributed by atoms with Crippen LogP contribution in [0.3, 0.4) is 0 Å². The monoisotopic (exact) mass is 961 g/mol. The van der Waals surface area contributed by atoms with Gasteiger partial charge in [0.2, 0.25) is 0 Å². The summed E-state index contributed by atoms with van der Waals surface area (Å²) in [7, 11) is 0. The van der Waals surface area contributed by atoms with Gasteiger partial charge in [0.05, 0.1) is 18.9 Å². The first-order chi connectivity index (χ1) is 32.3. The molecule has 0 amide bonds. The van der Waals surface area contributed by atoms with Gasteiger partial charge in [-0.25, -0.2) is 0 Å². The fourth-order valence-electron chi connectivity index (χ4n) is 8.04. The number of halogens is 1. The second-order valence-corrected chi connectivity index (χ2v) is 15.7. The number of carboxylic acid groups (broad SMARTS) is 1. The summed E-state index contributed by atoms with van der Waals surface area (Å²) < 4.78 is 15.6. The second kappa shape index (κ2) is 27.3. The van der Waals surface area contributed by atoms with Gasteiger partial charge in [0, 0.05) is 111 Å². The number of aryl methyl sites for hydroxylation is 2. The number of hydrogen-bond donors (Lipinski definition) is 2. The number of benzene rings is 6. The largest absolute Gasteiger partial charge is 1.00 e. The normalized spacial score (nSPS) is 10.8. The molecule has 356 valence electrons. The molecule has 2 N–H and O–H groups in total. The molecule has 0 unspecified atom stereocenters. The van der Waals surface area contributed by atoms with Crippen molar-refractivity contribution in [3.05, 3.63) is 173 Å². The van der Waals surface area contributed by atoms with Crippen LogP contribution in [0.5, 0.6) is 0 Å². The van der Waals surface area contributed by atoms with E-state index in [0.29, 0.717) is 73.0 Å². The molecule has 0 radical (unpaired) electrons. The van der Waals surface area contributed by atoms with Crippen LogP contribution in [0, 0.1) is 21.3 Å². The Morgan fingerprint density at radius 2 is 0.870 bits per heavy atom. The molecule has 0 atom stereocenters. The molecule has 0 aliphatic rings. The van der Waals surface area contributed by atoms with Crippen LogP contribution in [0.4, 0.5) is 0 Å². The average Bonchev–Trinajstić information content (AvgIpc) is 3.82. The number of ether oxygens (including phenoxy) is 2. The van der Waals surface area contributed by atoms with E-state index in [1.54, 1.807) is 13.8 Å². The molecule has 0 bridgehead atoms. The number of carboxylic acids is 1. The molecule has 8 aromatic rings. The zero-order valence-electron chi connectivity index (χ0n) is 41.4. The van der Waals surface area contributed by atoms with Gasteiger partial charge in [0.15, 0.2) is 17.3 Å². The molecule has 0 spiro atoms. The fraction of sp³-hybridized carbons (Fsp3) is 0.250. The first-order valence-electron chi connectivity index (χ1n) is 22.0. The molecule has 0 aliphatic heterocycles. The van der Waals surface area contributed by atoms with Crippen LogP contribution in [0.15, 0.2) is 126 Å². The number of aliphatic carboxylic acids is 1. The number of carbonyl (C=O) groups excluding carboxylic acids is 3. The molecular formula is C56H61ClN3NaO8. The minimum Gasteiger partial charge on any atom is -0.481 e. The third-order valence-corrected chi connectivity index (χ3v) is 11.3. The van der Waals surface area contributed by atoms with Crippen LogP contribution in [-0.4, -0.2) is 81.3 Å². The molecule has 0 saturated heterocycles. The Bertz CT molecular complexity index is 3090. The number of aromatic nitrogens is 2. The van der Waals surface area contributed by atoms with Crippen LogP contribution in [0.25, 0.3) is 43.6 Å². The Balaban J connectivity index is 0.000000320. The summed E-state index contributed by atoms with van der Waals surface area (Å²) in [6.07, 6.45) is 1.47. The maximum absolute atomic E-state index is 13.2. The van der Waals surface area contributed by atoms with E-state index in [1.807, 2.05) is 149 Å². The minimum absolute atomic E-state index is 0. The second-order valence-electron chi connectivity index (χ2n) is 15.7. The predicted molar refractivity (Wildman–Crippen MR) is 277 cm³/mol. The van der Waals surface area contributed by atoms with E-state index in [2.05, 4.69) is 25.9 Å². The molecule has 0 fully saturated rings. The Morgan fingerprint density at radius 3 is 1.20 bits per heavy atom. The third kappa shape index (κ3) is 13.7. The number of fused-ring (bicyclic) bond motifs is 6. The standard InChI is InChI=1S/C26H26N2O3.C26H25NO3.C2H4O2.CH3Cl.CH3.Na/c1-4-31-14-13-28-24-11-9-19(18(3)27-30)15-22(24)23-16-20(10-12-25(23)28)26(29)21-8-6-5-7-17(21)2;1-4-30-14-13-27-24-11-9-19(18(3)28)15-22(24)23-16-20(10-12-25(23)27)26(29)21-8-6-5-7-17(21)2;1-2(3)4;1-2;;/h5-12,15-16,30H,4,13-14H2,1-3H3;5-12,15-16H,4,13-14H2,1-3H3;1H3,(H,3,4);1H3;1H3;/q;;;;-1;+1/b27-18+;;;;;. The van der Waals surface area contributed by atoms with Crippen LogP contribution in [-0.2, 0) is 27.4 Å². The first-order valence-corrected chi connectivity index (χ1v) is 22.8. The smallest absolute Gasteiger partial charge is 0.481 e.